The molecule has 19 heavy (non-hydrogen) atoms. The molecule has 0 bridgehead atoms. The van der Waals surface area contributed by atoms with E-state index in [4.69, 9.17) is 10.00 Å². The molecule has 4 heteroatoms. The molecule has 0 aliphatic carbocycles. The first-order valence-electron chi connectivity index (χ1n) is 6.33. The summed E-state index contributed by atoms with van der Waals surface area (Å²) in [4.78, 5) is 14.1. The van der Waals surface area contributed by atoms with Gasteiger partial charge in [-0.05, 0) is 38.5 Å². The smallest absolute Gasteiger partial charge is 0.254 e. The molecule has 0 heterocycles. The van der Waals surface area contributed by atoms with Gasteiger partial charge >= 0.3 is 0 Å². The number of hydrogen-bond donors (Lipinski definition) is 0. The van der Waals surface area contributed by atoms with Crippen molar-refractivity contribution in [3.8, 4) is 11.8 Å². The number of ether oxygens (including phenoxy) is 1. The van der Waals surface area contributed by atoms with Gasteiger partial charge in [-0.25, -0.2) is 0 Å². The molecular weight excluding hydrogens is 240 g/mol. The van der Waals surface area contributed by atoms with Crippen LogP contribution in [0.5, 0.6) is 5.75 Å². The first kappa shape index (κ1) is 15.0. The minimum absolute atomic E-state index is 0.0631. The summed E-state index contributed by atoms with van der Waals surface area (Å²) in [6, 6.07) is 7.55. The van der Waals surface area contributed by atoms with Gasteiger partial charge in [0, 0.05) is 18.2 Å². The van der Waals surface area contributed by atoms with Crippen LogP contribution in [0.2, 0.25) is 0 Å². The van der Waals surface area contributed by atoms with Crippen molar-refractivity contribution >= 4 is 5.91 Å². The Hall–Kier alpha value is -2.02. The highest BCUT2D eigenvalue weighted by Gasteiger charge is 2.19. The van der Waals surface area contributed by atoms with Crippen LogP contribution in [-0.2, 0) is 0 Å². The molecule has 0 unspecified atom stereocenters. The van der Waals surface area contributed by atoms with Crippen LogP contribution < -0.4 is 4.74 Å². The third-order valence-corrected chi connectivity index (χ3v) is 3.00. The normalized spacial score (nSPS) is 10.1. The van der Waals surface area contributed by atoms with Crippen molar-refractivity contribution in [1.82, 2.24) is 4.90 Å². The zero-order valence-corrected chi connectivity index (χ0v) is 11.9. The van der Waals surface area contributed by atoms with Crippen molar-refractivity contribution in [2.24, 2.45) is 0 Å². The molecule has 1 amide bonds. The van der Waals surface area contributed by atoms with Crippen molar-refractivity contribution in [3.63, 3.8) is 0 Å². The molecular formula is C15H20N2O2. The Balaban J connectivity index is 2.99. The first-order valence-corrected chi connectivity index (χ1v) is 6.33. The van der Waals surface area contributed by atoms with Gasteiger partial charge in [0.2, 0.25) is 0 Å². The van der Waals surface area contributed by atoms with E-state index in [-0.39, 0.29) is 11.9 Å². The Kier molecular flexibility index (Phi) is 5.37. The number of carbonyl (C=O) groups excluding carboxylic acids is 1. The van der Waals surface area contributed by atoms with Gasteiger partial charge in [0.1, 0.15) is 5.75 Å². The summed E-state index contributed by atoms with van der Waals surface area (Å²) in [5, 5.41) is 8.66. The van der Waals surface area contributed by atoms with Crippen molar-refractivity contribution in [2.75, 3.05) is 13.7 Å². The molecule has 0 aliphatic rings. The van der Waals surface area contributed by atoms with Crippen LogP contribution in [0, 0.1) is 18.3 Å². The first-order chi connectivity index (χ1) is 9.01. The monoisotopic (exact) mass is 260 g/mol. The number of methoxy groups -OCH3 is 1. The second-order valence-electron chi connectivity index (χ2n) is 4.68. The Bertz CT molecular complexity index is 489. The second kappa shape index (κ2) is 6.79. The van der Waals surface area contributed by atoms with E-state index in [2.05, 4.69) is 6.07 Å². The van der Waals surface area contributed by atoms with Gasteiger partial charge in [-0.1, -0.05) is 6.07 Å². The number of carbonyl (C=O) groups is 1. The van der Waals surface area contributed by atoms with E-state index in [0.29, 0.717) is 24.3 Å². The fourth-order valence-electron chi connectivity index (χ4n) is 1.88. The lowest BCUT2D eigenvalue weighted by Crippen LogP contribution is -2.37. The lowest BCUT2D eigenvalue weighted by atomic mass is 10.1. The van der Waals surface area contributed by atoms with Crippen molar-refractivity contribution in [2.45, 2.75) is 33.2 Å². The highest BCUT2D eigenvalue weighted by Crippen LogP contribution is 2.20. The van der Waals surface area contributed by atoms with E-state index >= 15 is 0 Å². The molecule has 0 aliphatic heterocycles. The highest BCUT2D eigenvalue weighted by atomic mass is 16.5. The zero-order chi connectivity index (χ0) is 14.4. The lowest BCUT2D eigenvalue weighted by Gasteiger charge is -2.26. The van der Waals surface area contributed by atoms with Crippen molar-refractivity contribution in [3.05, 3.63) is 29.3 Å². The molecule has 0 atom stereocenters. The quantitative estimate of drug-likeness (QED) is 0.818. The van der Waals surface area contributed by atoms with Crippen LogP contribution >= 0.6 is 0 Å². The average molecular weight is 260 g/mol. The third-order valence-electron chi connectivity index (χ3n) is 3.00. The zero-order valence-electron chi connectivity index (χ0n) is 11.9. The van der Waals surface area contributed by atoms with E-state index < -0.39 is 0 Å². The van der Waals surface area contributed by atoms with Crippen LogP contribution in [0.25, 0.3) is 0 Å². The largest absolute Gasteiger partial charge is 0.496 e. The number of nitriles is 1. The van der Waals surface area contributed by atoms with Crippen molar-refractivity contribution < 1.29 is 9.53 Å². The maximum Gasteiger partial charge on any atom is 0.254 e. The second-order valence-corrected chi connectivity index (χ2v) is 4.68. The van der Waals surface area contributed by atoms with E-state index in [1.807, 2.05) is 26.8 Å². The maximum atomic E-state index is 12.4. The number of nitrogens with zero attached hydrogens (tertiary/aromatic N) is 2. The highest BCUT2D eigenvalue weighted by molar-refractivity contribution is 5.95. The molecule has 0 radical (unpaired) electrons. The van der Waals surface area contributed by atoms with Crippen LogP contribution in [0.4, 0.5) is 0 Å². The fraction of sp³-hybridized carbons (Fsp3) is 0.467. The van der Waals surface area contributed by atoms with Crippen LogP contribution in [0.1, 0.15) is 36.2 Å². The van der Waals surface area contributed by atoms with Gasteiger partial charge in [0.25, 0.3) is 5.91 Å². The molecule has 4 nitrogen and oxygen atoms in total. The summed E-state index contributed by atoms with van der Waals surface area (Å²) >= 11 is 0. The van der Waals surface area contributed by atoms with Crippen molar-refractivity contribution in [1.29, 1.82) is 5.26 Å². The van der Waals surface area contributed by atoms with Gasteiger partial charge in [-0.2, -0.15) is 5.26 Å². The minimum Gasteiger partial charge on any atom is -0.496 e. The summed E-state index contributed by atoms with van der Waals surface area (Å²) < 4.78 is 5.23. The summed E-state index contributed by atoms with van der Waals surface area (Å²) in [7, 11) is 1.59. The predicted molar refractivity (Wildman–Crippen MR) is 74.1 cm³/mol. The number of hydrogen-bond acceptors (Lipinski definition) is 3. The average Bonchev–Trinajstić information content (AvgIpc) is 2.39. The van der Waals surface area contributed by atoms with Gasteiger partial charge < -0.3 is 9.64 Å². The topological polar surface area (TPSA) is 53.3 Å². The number of benzene rings is 1. The Morgan fingerprint density at radius 1 is 1.47 bits per heavy atom. The van der Waals surface area contributed by atoms with Crippen LogP contribution in [0.3, 0.4) is 0 Å². The van der Waals surface area contributed by atoms with E-state index in [1.54, 1.807) is 24.1 Å². The molecule has 0 saturated heterocycles. The van der Waals surface area contributed by atoms with Crippen LogP contribution in [-0.4, -0.2) is 30.5 Å². The Morgan fingerprint density at radius 2 is 2.16 bits per heavy atom. The van der Waals surface area contributed by atoms with Gasteiger partial charge in [0.05, 0.1) is 19.6 Å². The lowest BCUT2D eigenvalue weighted by molar-refractivity contribution is 0.0710. The van der Waals surface area contributed by atoms with E-state index in [0.717, 1.165) is 5.56 Å². The summed E-state index contributed by atoms with van der Waals surface area (Å²) in [6.45, 7) is 6.27. The predicted octanol–water partition coefficient (Wildman–Crippen LogP) is 2.77. The molecule has 102 valence electrons. The molecule has 1 rings (SSSR count). The molecule has 0 N–H and O–H groups in total. The minimum atomic E-state index is -0.0662. The fourth-order valence-corrected chi connectivity index (χ4v) is 1.88. The van der Waals surface area contributed by atoms with Gasteiger partial charge in [0.15, 0.2) is 0 Å². The Labute approximate surface area is 114 Å². The summed E-state index contributed by atoms with van der Waals surface area (Å²) in [5.74, 6) is 0.637. The number of amides is 1. The summed E-state index contributed by atoms with van der Waals surface area (Å²) in [6.07, 6.45) is 0.340. The van der Waals surface area contributed by atoms with Crippen LogP contribution in [0.15, 0.2) is 18.2 Å². The Morgan fingerprint density at radius 3 is 2.68 bits per heavy atom. The van der Waals surface area contributed by atoms with Gasteiger partial charge in [-0.3, -0.25) is 4.79 Å². The van der Waals surface area contributed by atoms with Gasteiger partial charge in [-0.15, -0.1) is 0 Å². The molecule has 1 aromatic carbocycles. The summed E-state index contributed by atoms with van der Waals surface area (Å²) in [5.41, 5.74) is 1.58. The molecule has 0 spiro atoms. The number of rotatable bonds is 5. The molecule has 0 fully saturated rings. The molecule has 1 aromatic rings. The maximum absolute atomic E-state index is 12.4. The standard InChI is InChI=1S/C15H20N2O2/c1-11(2)17(9-5-8-16)15(18)13-7-6-12(3)14(10-13)19-4/h6-7,10-11H,5,9H2,1-4H3. The molecule has 0 saturated carbocycles. The molecule has 0 aromatic heterocycles. The number of aryl methyl sites for hydroxylation is 1. The third kappa shape index (κ3) is 3.72. The van der Waals surface area contributed by atoms with E-state index in [1.165, 1.54) is 0 Å². The SMILES string of the molecule is COc1cc(C(=O)N(CCC#N)C(C)C)ccc1C. The van der Waals surface area contributed by atoms with E-state index in [9.17, 15) is 4.79 Å².